The number of pyridine rings is 1. The van der Waals surface area contributed by atoms with E-state index in [0.29, 0.717) is 5.69 Å². The van der Waals surface area contributed by atoms with Crippen molar-refractivity contribution in [3.05, 3.63) is 30.2 Å². The summed E-state index contributed by atoms with van der Waals surface area (Å²) in [5.74, 6) is -0.497. The van der Waals surface area contributed by atoms with E-state index in [1.807, 2.05) is 23.9 Å². The Morgan fingerprint density at radius 3 is 3.08 bits per heavy atom. The number of hydrogen-bond acceptors (Lipinski definition) is 2. The molecular weight excluding hydrogens is 166 g/mol. The van der Waals surface area contributed by atoms with Crippen LogP contribution in [0.4, 0.5) is 0 Å². The van der Waals surface area contributed by atoms with Crippen LogP contribution in [0.15, 0.2) is 24.5 Å². The first-order valence-electron chi connectivity index (χ1n) is 3.89. The highest BCUT2D eigenvalue weighted by Crippen LogP contribution is 2.13. The Morgan fingerprint density at radius 2 is 2.38 bits per heavy atom. The molecule has 2 aromatic heterocycles. The molecule has 4 heteroatoms. The van der Waals surface area contributed by atoms with Gasteiger partial charge in [0.1, 0.15) is 5.69 Å². The average molecular weight is 175 g/mol. The van der Waals surface area contributed by atoms with E-state index in [1.54, 1.807) is 12.3 Å². The standard InChI is InChI=1S/C9H9N3O/c1-12-3-2-6-5-11-7(9(10)13)4-8(6)12/h2-5H,1H3,(H2,10,13). The van der Waals surface area contributed by atoms with Crippen LogP contribution in [-0.4, -0.2) is 15.5 Å². The fourth-order valence-corrected chi connectivity index (χ4v) is 1.30. The fraction of sp³-hybridized carbons (Fsp3) is 0.111. The summed E-state index contributed by atoms with van der Waals surface area (Å²) in [6.45, 7) is 0. The molecule has 2 rings (SSSR count). The first kappa shape index (κ1) is 7.79. The van der Waals surface area contributed by atoms with Gasteiger partial charge in [0.15, 0.2) is 0 Å². The number of carbonyl (C=O) groups excluding carboxylic acids is 1. The number of fused-ring (bicyclic) bond motifs is 1. The largest absolute Gasteiger partial charge is 0.364 e. The minimum atomic E-state index is -0.497. The Balaban J connectivity index is 2.72. The summed E-state index contributed by atoms with van der Waals surface area (Å²) >= 11 is 0. The number of hydrogen-bond donors (Lipinski definition) is 1. The second-order valence-electron chi connectivity index (χ2n) is 2.92. The third kappa shape index (κ3) is 1.16. The Labute approximate surface area is 75.0 Å². The molecule has 0 radical (unpaired) electrons. The van der Waals surface area contributed by atoms with Gasteiger partial charge in [-0.2, -0.15) is 0 Å². The second kappa shape index (κ2) is 2.58. The number of carbonyl (C=O) groups is 1. The Morgan fingerprint density at radius 1 is 1.62 bits per heavy atom. The minimum absolute atomic E-state index is 0.300. The topological polar surface area (TPSA) is 60.9 Å². The first-order chi connectivity index (χ1) is 6.18. The second-order valence-corrected chi connectivity index (χ2v) is 2.92. The number of primary amides is 1. The molecule has 0 spiro atoms. The number of aryl methyl sites for hydroxylation is 1. The maximum absolute atomic E-state index is 10.8. The molecule has 4 nitrogen and oxygen atoms in total. The van der Waals surface area contributed by atoms with E-state index in [1.165, 1.54) is 0 Å². The van der Waals surface area contributed by atoms with Crippen molar-refractivity contribution >= 4 is 16.8 Å². The van der Waals surface area contributed by atoms with Crippen molar-refractivity contribution < 1.29 is 4.79 Å². The number of nitrogens with zero attached hydrogens (tertiary/aromatic N) is 2. The lowest BCUT2D eigenvalue weighted by Crippen LogP contribution is -2.12. The molecule has 0 aliphatic heterocycles. The molecule has 0 unspecified atom stereocenters. The van der Waals surface area contributed by atoms with Crippen molar-refractivity contribution in [1.29, 1.82) is 0 Å². The maximum Gasteiger partial charge on any atom is 0.267 e. The van der Waals surface area contributed by atoms with Crippen molar-refractivity contribution in [2.45, 2.75) is 0 Å². The van der Waals surface area contributed by atoms with Gasteiger partial charge in [0, 0.05) is 24.8 Å². The maximum atomic E-state index is 10.8. The van der Waals surface area contributed by atoms with Crippen molar-refractivity contribution in [3.8, 4) is 0 Å². The van der Waals surface area contributed by atoms with E-state index in [4.69, 9.17) is 5.73 Å². The lowest BCUT2D eigenvalue weighted by molar-refractivity contribution is 0.0996. The minimum Gasteiger partial charge on any atom is -0.364 e. The molecule has 2 N–H and O–H groups in total. The van der Waals surface area contributed by atoms with Gasteiger partial charge in [0.25, 0.3) is 5.91 Å². The molecule has 0 bridgehead atoms. The number of rotatable bonds is 1. The van der Waals surface area contributed by atoms with Crippen molar-refractivity contribution in [1.82, 2.24) is 9.55 Å². The molecule has 0 aliphatic rings. The Kier molecular flexibility index (Phi) is 1.55. The third-order valence-electron chi connectivity index (χ3n) is 2.02. The van der Waals surface area contributed by atoms with E-state index in [2.05, 4.69) is 4.98 Å². The van der Waals surface area contributed by atoms with Gasteiger partial charge in [-0.15, -0.1) is 0 Å². The summed E-state index contributed by atoms with van der Waals surface area (Å²) in [6.07, 6.45) is 3.56. The van der Waals surface area contributed by atoms with Gasteiger partial charge < -0.3 is 10.3 Å². The SMILES string of the molecule is Cn1ccc2cnc(C(N)=O)cc21. The molecule has 0 aromatic carbocycles. The highest BCUT2D eigenvalue weighted by molar-refractivity contribution is 5.94. The summed E-state index contributed by atoms with van der Waals surface area (Å²) in [7, 11) is 1.91. The van der Waals surface area contributed by atoms with Crippen LogP contribution in [-0.2, 0) is 7.05 Å². The van der Waals surface area contributed by atoms with Gasteiger partial charge in [0.2, 0.25) is 0 Å². The van der Waals surface area contributed by atoms with E-state index in [0.717, 1.165) is 10.9 Å². The molecule has 0 atom stereocenters. The molecule has 0 saturated carbocycles. The quantitative estimate of drug-likeness (QED) is 0.692. The van der Waals surface area contributed by atoms with Crippen molar-refractivity contribution in [3.63, 3.8) is 0 Å². The summed E-state index contributed by atoms with van der Waals surface area (Å²) in [6, 6.07) is 3.63. The highest BCUT2D eigenvalue weighted by Gasteiger charge is 2.04. The smallest absolute Gasteiger partial charge is 0.267 e. The zero-order chi connectivity index (χ0) is 9.42. The molecule has 1 amide bonds. The molecule has 0 saturated heterocycles. The van der Waals surface area contributed by atoms with Crippen molar-refractivity contribution in [2.24, 2.45) is 12.8 Å². The van der Waals surface area contributed by atoms with Crippen LogP contribution < -0.4 is 5.73 Å². The van der Waals surface area contributed by atoms with Crippen LogP contribution in [0.25, 0.3) is 10.9 Å². The van der Waals surface area contributed by atoms with E-state index in [-0.39, 0.29) is 0 Å². The zero-order valence-electron chi connectivity index (χ0n) is 7.19. The molecule has 66 valence electrons. The zero-order valence-corrected chi connectivity index (χ0v) is 7.19. The Bertz CT molecular complexity index is 473. The van der Waals surface area contributed by atoms with Gasteiger partial charge in [-0.1, -0.05) is 0 Å². The molecule has 2 aromatic rings. The molecular formula is C9H9N3O. The number of nitrogens with two attached hydrogens (primary N) is 1. The van der Waals surface area contributed by atoms with Crippen LogP contribution in [0, 0.1) is 0 Å². The van der Waals surface area contributed by atoms with E-state index < -0.39 is 5.91 Å². The number of aromatic nitrogens is 2. The van der Waals surface area contributed by atoms with Gasteiger partial charge in [0.05, 0.1) is 5.52 Å². The molecule has 0 fully saturated rings. The molecule has 2 heterocycles. The van der Waals surface area contributed by atoms with Gasteiger partial charge in [-0.25, -0.2) is 0 Å². The van der Waals surface area contributed by atoms with Crippen LogP contribution in [0.2, 0.25) is 0 Å². The monoisotopic (exact) mass is 175 g/mol. The predicted molar refractivity (Wildman–Crippen MR) is 49.2 cm³/mol. The molecule has 13 heavy (non-hydrogen) atoms. The predicted octanol–water partition coefficient (Wildman–Crippen LogP) is 0.672. The first-order valence-corrected chi connectivity index (χ1v) is 3.89. The normalized spacial score (nSPS) is 10.5. The average Bonchev–Trinajstić information content (AvgIpc) is 2.47. The van der Waals surface area contributed by atoms with Gasteiger partial charge in [-0.3, -0.25) is 9.78 Å². The van der Waals surface area contributed by atoms with Crippen LogP contribution in [0.1, 0.15) is 10.5 Å². The van der Waals surface area contributed by atoms with Crippen LogP contribution in [0.3, 0.4) is 0 Å². The third-order valence-corrected chi connectivity index (χ3v) is 2.02. The van der Waals surface area contributed by atoms with E-state index in [9.17, 15) is 4.79 Å². The van der Waals surface area contributed by atoms with Crippen LogP contribution >= 0.6 is 0 Å². The number of amides is 1. The summed E-state index contributed by atoms with van der Waals surface area (Å²) in [5, 5.41) is 1.01. The van der Waals surface area contributed by atoms with E-state index >= 15 is 0 Å². The lowest BCUT2D eigenvalue weighted by Gasteiger charge is -1.97. The summed E-state index contributed by atoms with van der Waals surface area (Å²) in [4.78, 5) is 14.8. The van der Waals surface area contributed by atoms with Gasteiger partial charge >= 0.3 is 0 Å². The Hall–Kier alpha value is -1.84. The molecule has 0 aliphatic carbocycles. The highest BCUT2D eigenvalue weighted by atomic mass is 16.1. The fourth-order valence-electron chi connectivity index (χ4n) is 1.30. The van der Waals surface area contributed by atoms with Gasteiger partial charge in [-0.05, 0) is 12.1 Å². The van der Waals surface area contributed by atoms with Crippen LogP contribution in [0.5, 0.6) is 0 Å². The lowest BCUT2D eigenvalue weighted by atomic mass is 10.3. The summed E-state index contributed by atoms with van der Waals surface area (Å²) in [5.41, 5.74) is 6.38. The summed E-state index contributed by atoms with van der Waals surface area (Å²) < 4.78 is 1.92. The van der Waals surface area contributed by atoms with Crippen molar-refractivity contribution in [2.75, 3.05) is 0 Å².